The lowest BCUT2D eigenvalue weighted by molar-refractivity contribution is 0.286. The lowest BCUT2D eigenvalue weighted by Gasteiger charge is -2.32. The van der Waals surface area contributed by atoms with Crippen LogP contribution in [-0.4, -0.2) is 17.3 Å². The van der Waals surface area contributed by atoms with E-state index in [0.29, 0.717) is 21.9 Å². The number of ether oxygens (including phenoxy) is 1. The first kappa shape index (κ1) is 16.0. The molecule has 3 aromatic rings. The third-order valence-corrected chi connectivity index (χ3v) is 7.22. The maximum Gasteiger partial charge on any atom is 0.235 e. The van der Waals surface area contributed by atoms with Crippen molar-refractivity contribution in [2.45, 2.75) is 24.7 Å². The Bertz CT molecular complexity index is 1200. The van der Waals surface area contributed by atoms with Crippen molar-refractivity contribution in [3.63, 3.8) is 0 Å². The molecule has 5 nitrogen and oxygen atoms in total. The van der Waals surface area contributed by atoms with Crippen molar-refractivity contribution in [1.29, 1.82) is 0 Å². The fourth-order valence-corrected chi connectivity index (χ4v) is 5.86. The molecule has 0 amide bonds. The summed E-state index contributed by atoms with van der Waals surface area (Å²) in [5.41, 5.74) is 2.07. The van der Waals surface area contributed by atoms with E-state index < -0.39 is 11.2 Å². The second-order valence-corrected chi connectivity index (χ2v) is 8.35. The van der Waals surface area contributed by atoms with Gasteiger partial charge in [0, 0.05) is 11.0 Å². The first-order valence-corrected chi connectivity index (χ1v) is 9.74. The normalized spacial score (nSPS) is 29.4. The van der Waals surface area contributed by atoms with Crippen LogP contribution in [0.2, 0.25) is 0 Å². The first-order valence-electron chi connectivity index (χ1n) is 9.74. The maximum absolute atomic E-state index is 12.7. The van der Waals surface area contributed by atoms with Crippen molar-refractivity contribution < 1.29 is 19.4 Å². The quantitative estimate of drug-likeness (QED) is 0.717. The molecule has 2 unspecified atom stereocenters. The Morgan fingerprint density at radius 1 is 1.14 bits per heavy atom. The van der Waals surface area contributed by atoms with E-state index in [4.69, 9.17) is 9.15 Å². The highest BCUT2D eigenvalue weighted by Gasteiger charge is 2.84. The summed E-state index contributed by atoms with van der Waals surface area (Å²) in [7, 11) is 1.44. The highest BCUT2D eigenvalue weighted by atomic mass is 16.5. The number of fused-ring (bicyclic) bond motifs is 3. The molecule has 1 aromatic heterocycles. The number of benzene rings is 2. The minimum atomic E-state index is -0.449. The molecule has 142 valence electrons. The van der Waals surface area contributed by atoms with Gasteiger partial charge in [-0.25, -0.2) is 0 Å². The largest absolute Gasteiger partial charge is 0.504 e. The minimum Gasteiger partial charge on any atom is -0.504 e. The second-order valence-electron chi connectivity index (χ2n) is 8.35. The Labute approximate surface area is 161 Å². The molecule has 0 saturated heterocycles. The Morgan fingerprint density at radius 3 is 2.71 bits per heavy atom. The molecular formula is C23H20O5. The van der Waals surface area contributed by atoms with E-state index >= 15 is 0 Å². The third-order valence-electron chi connectivity index (χ3n) is 7.22. The van der Waals surface area contributed by atoms with E-state index in [0.717, 1.165) is 17.8 Å². The summed E-state index contributed by atoms with van der Waals surface area (Å²) < 4.78 is 11.1. The van der Waals surface area contributed by atoms with Crippen molar-refractivity contribution in [2.24, 2.45) is 17.8 Å². The SMILES string of the molecule is COc1cc(-c2oc3cc(C45CCCC6C4C65)ccc3c(=O)c2O)ccc1O. The van der Waals surface area contributed by atoms with E-state index in [2.05, 4.69) is 0 Å². The van der Waals surface area contributed by atoms with Gasteiger partial charge in [-0.15, -0.1) is 0 Å². The molecule has 3 aliphatic rings. The molecule has 0 bridgehead atoms. The predicted molar refractivity (Wildman–Crippen MR) is 104 cm³/mol. The smallest absolute Gasteiger partial charge is 0.235 e. The molecule has 3 aliphatic carbocycles. The monoisotopic (exact) mass is 376 g/mol. The molecule has 0 spiro atoms. The molecule has 1 heterocycles. The molecular weight excluding hydrogens is 356 g/mol. The number of phenolic OH excluding ortho intramolecular Hbond substituents is 1. The summed E-state index contributed by atoms with van der Waals surface area (Å²) >= 11 is 0. The molecule has 0 radical (unpaired) electrons. The summed E-state index contributed by atoms with van der Waals surface area (Å²) in [6.45, 7) is 0. The van der Waals surface area contributed by atoms with Gasteiger partial charge in [0.05, 0.1) is 12.5 Å². The molecule has 3 fully saturated rings. The van der Waals surface area contributed by atoms with Crippen LogP contribution < -0.4 is 10.2 Å². The number of hydrogen-bond donors (Lipinski definition) is 2. The first-order chi connectivity index (χ1) is 13.6. The molecule has 5 heteroatoms. The Morgan fingerprint density at radius 2 is 1.96 bits per heavy atom. The van der Waals surface area contributed by atoms with E-state index in [1.165, 1.54) is 38.0 Å². The van der Waals surface area contributed by atoms with Gasteiger partial charge in [-0.1, -0.05) is 12.5 Å². The van der Waals surface area contributed by atoms with Crippen molar-refractivity contribution in [3.05, 3.63) is 52.2 Å². The molecule has 3 saturated carbocycles. The summed E-state index contributed by atoms with van der Waals surface area (Å²) in [5, 5.41) is 20.6. The minimum absolute atomic E-state index is 0.0185. The zero-order valence-corrected chi connectivity index (χ0v) is 15.4. The zero-order valence-electron chi connectivity index (χ0n) is 15.4. The van der Waals surface area contributed by atoms with Crippen LogP contribution in [0.4, 0.5) is 0 Å². The van der Waals surface area contributed by atoms with Gasteiger partial charge in [0.15, 0.2) is 17.3 Å². The number of rotatable bonds is 3. The van der Waals surface area contributed by atoms with Crippen LogP contribution in [0.15, 0.2) is 45.6 Å². The zero-order chi connectivity index (χ0) is 19.2. The van der Waals surface area contributed by atoms with Crippen LogP contribution in [0, 0.1) is 17.8 Å². The molecule has 28 heavy (non-hydrogen) atoms. The Balaban J connectivity index is 1.51. The van der Waals surface area contributed by atoms with E-state index in [9.17, 15) is 15.0 Å². The fraction of sp³-hybridized carbons (Fsp3) is 0.348. The van der Waals surface area contributed by atoms with Gasteiger partial charge in [-0.2, -0.15) is 0 Å². The van der Waals surface area contributed by atoms with Gasteiger partial charge in [0.1, 0.15) is 5.58 Å². The number of hydrogen-bond acceptors (Lipinski definition) is 5. The van der Waals surface area contributed by atoms with Crippen LogP contribution >= 0.6 is 0 Å². The molecule has 0 aliphatic heterocycles. The van der Waals surface area contributed by atoms with Crippen molar-refractivity contribution >= 4 is 11.0 Å². The highest BCUT2D eigenvalue weighted by Crippen LogP contribution is 2.86. The average Bonchev–Trinajstić information content (AvgIpc) is 3.63. The topological polar surface area (TPSA) is 79.9 Å². The van der Waals surface area contributed by atoms with Crippen LogP contribution in [-0.2, 0) is 5.41 Å². The van der Waals surface area contributed by atoms with E-state index in [1.54, 1.807) is 18.2 Å². The standard InChI is InChI=1S/C23H20O5/c1-27-17-9-11(4-7-15(17)24)22-21(26)20(25)13-6-5-12(10-16(13)28-22)23-8-2-3-14-18(23)19(14)23/h4-7,9-10,14,18-19,24,26H,2-3,8H2,1H3. The molecule has 2 aromatic carbocycles. The van der Waals surface area contributed by atoms with Crippen molar-refractivity contribution in [2.75, 3.05) is 7.11 Å². The maximum atomic E-state index is 12.7. The summed E-state index contributed by atoms with van der Waals surface area (Å²) in [5.74, 6) is 2.45. The Hall–Kier alpha value is -2.95. The van der Waals surface area contributed by atoms with E-state index in [1.807, 2.05) is 12.1 Å². The van der Waals surface area contributed by atoms with Crippen LogP contribution in [0.1, 0.15) is 24.8 Å². The van der Waals surface area contributed by atoms with Gasteiger partial charge in [-0.3, -0.25) is 4.79 Å². The highest BCUT2D eigenvalue weighted by molar-refractivity contribution is 5.83. The third kappa shape index (κ3) is 1.84. The van der Waals surface area contributed by atoms with Crippen LogP contribution in [0.3, 0.4) is 0 Å². The van der Waals surface area contributed by atoms with Crippen LogP contribution in [0.5, 0.6) is 17.2 Å². The molecule has 2 atom stereocenters. The fourth-order valence-electron chi connectivity index (χ4n) is 5.86. The van der Waals surface area contributed by atoms with E-state index in [-0.39, 0.29) is 17.3 Å². The summed E-state index contributed by atoms with van der Waals surface area (Å²) in [4.78, 5) is 12.7. The predicted octanol–water partition coefficient (Wildman–Crippen LogP) is 4.18. The van der Waals surface area contributed by atoms with Gasteiger partial charge in [-0.05, 0) is 66.5 Å². The molecule has 2 N–H and O–H groups in total. The Kier molecular flexibility index (Phi) is 2.92. The lowest BCUT2D eigenvalue weighted by atomic mass is 9.72. The number of aromatic hydroxyl groups is 2. The van der Waals surface area contributed by atoms with Crippen molar-refractivity contribution in [1.82, 2.24) is 0 Å². The van der Waals surface area contributed by atoms with Gasteiger partial charge < -0.3 is 19.4 Å². The second kappa shape index (κ2) is 5.10. The molecule has 6 rings (SSSR count). The lowest BCUT2D eigenvalue weighted by Crippen LogP contribution is -2.27. The number of phenols is 1. The number of methoxy groups -OCH3 is 1. The van der Waals surface area contributed by atoms with Gasteiger partial charge in [0.2, 0.25) is 11.2 Å². The average molecular weight is 376 g/mol. The van der Waals surface area contributed by atoms with Gasteiger partial charge in [0.25, 0.3) is 0 Å². The van der Waals surface area contributed by atoms with Crippen molar-refractivity contribution in [3.8, 4) is 28.6 Å². The van der Waals surface area contributed by atoms with Crippen LogP contribution in [0.25, 0.3) is 22.3 Å². The summed E-state index contributed by atoms with van der Waals surface area (Å²) in [6.07, 6.45) is 3.85. The van der Waals surface area contributed by atoms with Gasteiger partial charge >= 0.3 is 0 Å². The summed E-state index contributed by atoms with van der Waals surface area (Å²) in [6, 6.07) is 10.4.